The maximum atomic E-state index is 13.5. The van der Waals surface area contributed by atoms with Crippen molar-refractivity contribution in [3.63, 3.8) is 0 Å². The van der Waals surface area contributed by atoms with Crippen molar-refractivity contribution < 1.29 is 9.18 Å². The van der Waals surface area contributed by atoms with Gasteiger partial charge < -0.3 is 10.2 Å². The molecule has 2 atom stereocenters. The Morgan fingerprint density at radius 2 is 1.76 bits per heavy atom. The molecule has 1 aliphatic rings. The molecule has 3 rings (SSSR count). The SMILES string of the molecule is CCC(C)C1CCN(c2ccc(NC(=O)c3cc(F)ccc3C)c(C)c2)C1.CCCCCC. The van der Waals surface area contributed by atoms with Crippen LogP contribution in [-0.2, 0) is 0 Å². The number of nitrogens with zero attached hydrogens (tertiary/aromatic N) is 1. The van der Waals surface area contributed by atoms with Crippen molar-refractivity contribution in [2.24, 2.45) is 11.8 Å². The van der Waals surface area contributed by atoms with E-state index in [-0.39, 0.29) is 5.91 Å². The Bertz CT molecular complexity index is 891. The largest absolute Gasteiger partial charge is 0.371 e. The molecule has 1 saturated heterocycles. The number of nitrogens with one attached hydrogen (secondary N) is 1. The van der Waals surface area contributed by atoms with E-state index in [9.17, 15) is 9.18 Å². The highest BCUT2D eigenvalue weighted by Gasteiger charge is 2.26. The number of anilines is 2. The third kappa shape index (κ3) is 7.87. The van der Waals surface area contributed by atoms with E-state index < -0.39 is 5.82 Å². The Hall–Kier alpha value is -2.36. The molecule has 4 heteroatoms. The summed E-state index contributed by atoms with van der Waals surface area (Å²) in [5.41, 5.74) is 4.12. The highest BCUT2D eigenvalue weighted by atomic mass is 19.1. The van der Waals surface area contributed by atoms with Crippen LogP contribution in [0.3, 0.4) is 0 Å². The molecule has 33 heavy (non-hydrogen) atoms. The van der Waals surface area contributed by atoms with Crippen LogP contribution in [0.15, 0.2) is 36.4 Å². The number of amides is 1. The summed E-state index contributed by atoms with van der Waals surface area (Å²) in [6.07, 6.45) is 8.00. The van der Waals surface area contributed by atoms with E-state index in [1.807, 2.05) is 19.9 Å². The topological polar surface area (TPSA) is 32.3 Å². The van der Waals surface area contributed by atoms with Gasteiger partial charge in [0.05, 0.1) is 0 Å². The number of carbonyl (C=O) groups is 1. The molecule has 1 fully saturated rings. The maximum Gasteiger partial charge on any atom is 0.256 e. The van der Waals surface area contributed by atoms with Gasteiger partial charge >= 0.3 is 0 Å². The standard InChI is InChI=1S/C23H29FN2O.C6H14/c1-5-15(2)18-10-11-26(14-18)20-8-9-22(17(4)12-20)25-23(27)21-13-19(24)7-6-16(21)3;1-3-5-6-4-2/h6-9,12-13,15,18H,5,10-11,14H2,1-4H3,(H,25,27);3-6H2,1-2H3. The Morgan fingerprint density at radius 1 is 1.06 bits per heavy atom. The first-order chi connectivity index (χ1) is 15.8. The molecule has 1 N–H and O–H groups in total. The van der Waals surface area contributed by atoms with Gasteiger partial charge in [0.15, 0.2) is 0 Å². The molecule has 0 saturated carbocycles. The van der Waals surface area contributed by atoms with E-state index in [4.69, 9.17) is 0 Å². The van der Waals surface area contributed by atoms with Crippen LogP contribution in [0.25, 0.3) is 0 Å². The van der Waals surface area contributed by atoms with Crippen molar-refractivity contribution in [1.29, 1.82) is 0 Å². The first-order valence-electron chi connectivity index (χ1n) is 12.7. The molecular weight excluding hydrogens is 411 g/mol. The molecule has 0 aliphatic carbocycles. The lowest BCUT2D eigenvalue weighted by atomic mass is 9.91. The van der Waals surface area contributed by atoms with Crippen LogP contribution in [0.1, 0.15) is 87.7 Å². The van der Waals surface area contributed by atoms with Gasteiger partial charge in [-0.3, -0.25) is 4.79 Å². The number of rotatable bonds is 8. The predicted molar refractivity (Wildman–Crippen MR) is 140 cm³/mol. The second kappa shape index (κ2) is 13.4. The molecule has 0 aromatic heterocycles. The molecule has 2 aromatic carbocycles. The molecule has 182 valence electrons. The zero-order valence-electron chi connectivity index (χ0n) is 21.5. The quantitative estimate of drug-likeness (QED) is 0.408. The molecule has 1 amide bonds. The third-order valence-electron chi connectivity index (χ3n) is 6.90. The lowest BCUT2D eigenvalue weighted by molar-refractivity contribution is 0.102. The van der Waals surface area contributed by atoms with Gasteiger partial charge in [-0.15, -0.1) is 0 Å². The van der Waals surface area contributed by atoms with Crippen molar-refractivity contribution in [1.82, 2.24) is 0 Å². The van der Waals surface area contributed by atoms with Gasteiger partial charge in [-0.2, -0.15) is 0 Å². The summed E-state index contributed by atoms with van der Waals surface area (Å²) in [6, 6.07) is 10.4. The minimum absolute atomic E-state index is 0.277. The fourth-order valence-corrected chi connectivity index (χ4v) is 4.33. The van der Waals surface area contributed by atoms with E-state index in [0.29, 0.717) is 5.56 Å². The van der Waals surface area contributed by atoms with Crippen LogP contribution in [0.5, 0.6) is 0 Å². The molecule has 2 unspecified atom stereocenters. The minimum Gasteiger partial charge on any atom is -0.371 e. The highest BCUT2D eigenvalue weighted by Crippen LogP contribution is 2.31. The molecule has 1 aliphatic heterocycles. The number of aryl methyl sites for hydroxylation is 2. The van der Waals surface area contributed by atoms with Gasteiger partial charge in [0.1, 0.15) is 5.82 Å². The summed E-state index contributed by atoms with van der Waals surface area (Å²) in [4.78, 5) is 15.0. The molecule has 0 spiro atoms. The number of benzene rings is 2. The molecule has 1 heterocycles. The van der Waals surface area contributed by atoms with E-state index in [1.165, 1.54) is 56.3 Å². The fraction of sp³-hybridized carbons (Fsp3) is 0.552. The van der Waals surface area contributed by atoms with E-state index >= 15 is 0 Å². The Labute approximate surface area is 200 Å². The monoisotopic (exact) mass is 454 g/mol. The normalized spacial score (nSPS) is 16.2. The van der Waals surface area contributed by atoms with Crippen molar-refractivity contribution >= 4 is 17.3 Å². The summed E-state index contributed by atoms with van der Waals surface area (Å²) in [5.74, 6) is 0.832. The fourth-order valence-electron chi connectivity index (χ4n) is 4.33. The number of carbonyl (C=O) groups excluding carboxylic acids is 1. The lowest BCUT2D eigenvalue weighted by Crippen LogP contribution is -2.22. The third-order valence-corrected chi connectivity index (χ3v) is 6.90. The van der Waals surface area contributed by atoms with Gasteiger partial charge in [0.2, 0.25) is 0 Å². The maximum absolute atomic E-state index is 13.5. The van der Waals surface area contributed by atoms with Crippen LogP contribution in [0, 0.1) is 31.5 Å². The van der Waals surface area contributed by atoms with Gasteiger partial charge in [0.25, 0.3) is 5.91 Å². The van der Waals surface area contributed by atoms with Crippen LogP contribution in [-0.4, -0.2) is 19.0 Å². The zero-order chi connectivity index (χ0) is 24.4. The number of unbranched alkanes of at least 4 members (excludes halogenated alkanes) is 3. The first-order valence-corrected chi connectivity index (χ1v) is 12.7. The minimum atomic E-state index is -0.400. The lowest BCUT2D eigenvalue weighted by Gasteiger charge is -2.22. The van der Waals surface area contributed by atoms with Gasteiger partial charge in [-0.25, -0.2) is 4.39 Å². The van der Waals surface area contributed by atoms with Crippen LogP contribution in [0.4, 0.5) is 15.8 Å². The molecule has 0 radical (unpaired) electrons. The molecular formula is C29H43FN2O. The van der Waals surface area contributed by atoms with Crippen LogP contribution < -0.4 is 10.2 Å². The van der Waals surface area contributed by atoms with Crippen molar-refractivity contribution in [2.75, 3.05) is 23.3 Å². The molecule has 0 bridgehead atoms. The van der Waals surface area contributed by atoms with E-state index in [0.717, 1.165) is 41.7 Å². The summed E-state index contributed by atoms with van der Waals surface area (Å²) in [5, 5.41) is 2.92. The predicted octanol–water partition coefficient (Wildman–Crippen LogP) is 8.15. The second-order valence-electron chi connectivity index (χ2n) is 9.50. The van der Waals surface area contributed by atoms with Crippen molar-refractivity contribution in [2.45, 2.75) is 80.1 Å². The second-order valence-corrected chi connectivity index (χ2v) is 9.50. The highest BCUT2D eigenvalue weighted by molar-refractivity contribution is 6.05. The van der Waals surface area contributed by atoms with Crippen LogP contribution >= 0.6 is 0 Å². The van der Waals surface area contributed by atoms with E-state index in [2.05, 4.69) is 50.0 Å². The number of hydrogen-bond acceptors (Lipinski definition) is 2. The van der Waals surface area contributed by atoms with Crippen molar-refractivity contribution in [3.8, 4) is 0 Å². The smallest absolute Gasteiger partial charge is 0.256 e. The van der Waals surface area contributed by atoms with E-state index in [1.54, 1.807) is 6.07 Å². The summed E-state index contributed by atoms with van der Waals surface area (Å²) < 4.78 is 13.5. The molecule has 3 nitrogen and oxygen atoms in total. The zero-order valence-corrected chi connectivity index (χ0v) is 21.5. The first kappa shape index (κ1) is 26.9. The van der Waals surface area contributed by atoms with Crippen molar-refractivity contribution in [3.05, 3.63) is 58.9 Å². The Kier molecular flexibility index (Phi) is 10.9. The summed E-state index contributed by atoms with van der Waals surface area (Å²) >= 11 is 0. The summed E-state index contributed by atoms with van der Waals surface area (Å²) in [6.45, 7) is 15.1. The summed E-state index contributed by atoms with van der Waals surface area (Å²) in [7, 11) is 0. The van der Waals surface area contributed by atoms with Crippen LogP contribution in [0.2, 0.25) is 0 Å². The molecule has 2 aromatic rings. The van der Waals surface area contributed by atoms with Gasteiger partial charge in [-0.1, -0.05) is 65.9 Å². The Morgan fingerprint density at radius 3 is 2.36 bits per heavy atom. The average Bonchev–Trinajstić information content (AvgIpc) is 3.30. The van der Waals surface area contributed by atoms with Gasteiger partial charge in [0, 0.05) is 30.0 Å². The number of hydrogen-bond donors (Lipinski definition) is 1. The Balaban J connectivity index is 0.000000569. The number of halogens is 1. The average molecular weight is 455 g/mol. The van der Waals surface area contributed by atoms with Gasteiger partial charge in [-0.05, 0) is 73.6 Å².